The second-order valence-electron chi connectivity index (χ2n) is 7.77. The van der Waals surface area contributed by atoms with Crippen molar-refractivity contribution in [3.05, 3.63) is 91.7 Å². The smallest absolute Gasteiger partial charge is 0.150 e. The Morgan fingerprint density at radius 1 is 0.719 bits per heavy atom. The Balaban J connectivity index is 1.72. The van der Waals surface area contributed by atoms with E-state index >= 15 is 0 Å². The number of allylic oxidation sites excluding steroid dienone is 1. The van der Waals surface area contributed by atoms with Crippen molar-refractivity contribution in [1.82, 2.24) is 0 Å². The molecule has 0 spiro atoms. The van der Waals surface area contributed by atoms with E-state index in [2.05, 4.69) is 48.5 Å². The minimum atomic E-state index is 0.0431. The van der Waals surface area contributed by atoms with Gasteiger partial charge in [-0.1, -0.05) is 72.1 Å². The molecular formula is C26H16N2O2S2. The molecule has 3 aliphatic carbocycles. The third-order valence-electron chi connectivity index (χ3n) is 6.44. The van der Waals surface area contributed by atoms with Crippen molar-refractivity contribution in [2.24, 2.45) is 0 Å². The number of nitriles is 2. The van der Waals surface area contributed by atoms with Gasteiger partial charge in [-0.15, -0.1) is 0 Å². The minimum Gasteiger partial charge on any atom is -0.495 e. The minimum absolute atomic E-state index is 0.0431. The molecule has 154 valence electrons. The van der Waals surface area contributed by atoms with E-state index in [1.807, 2.05) is 12.1 Å². The van der Waals surface area contributed by atoms with Crippen molar-refractivity contribution in [3.8, 4) is 23.6 Å². The maximum Gasteiger partial charge on any atom is 0.150 e. The van der Waals surface area contributed by atoms with Crippen LogP contribution in [0.4, 0.5) is 0 Å². The van der Waals surface area contributed by atoms with E-state index < -0.39 is 0 Å². The van der Waals surface area contributed by atoms with E-state index in [0.717, 1.165) is 32.4 Å². The molecule has 0 fully saturated rings. The number of rotatable bonds is 2. The van der Waals surface area contributed by atoms with Crippen LogP contribution in [-0.4, -0.2) is 14.2 Å². The second kappa shape index (κ2) is 7.10. The van der Waals surface area contributed by atoms with Crippen LogP contribution in [0.15, 0.2) is 68.1 Å². The number of methoxy groups -OCH3 is 2. The lowest BCUT2D eigenvalue weighted by Gasteiger charge is -2.43. The summed E-state index contributed by atoms with van der Waals surface area (Å²) in [7, 11) is 3.40. The van der Waals surface area contributed by atoms with Gasteiger partial charge in [0.1, 0.15) is 29.2 Å². The largest absolute Gasteiger partial charge is 0.495 e. The van der Waals surface area contributed by atoms with Crippen LogP contribution in [0.5, 0.6) is 11.5 Å². The molecule has 0 unspecified atom stereocenters. The average molecular weight is 453 g/mol. The molecule has 32 heavy (non-hydrogen) atoms. The second-order valence-corrected chi connectivity index (χ2v) is 10.1. The van der Waals surface area contributed by atoms with Crippen molar-refractivity contribution in [2.75, 3.05) is 14.2 Å². The highest BCUT2D eigenvalue weighted by molar-refractivity contribution is 8.24. The van der Waals surface area contributed by atoms with Gasteiger partial charge in [0.05, 0.1) is 28.2 Å². The molecule has 0 aromatic heterocycles. The van der Waals surface area contributed by atoms with Crippen molar-refractivity contribution < 1.29 is 9.47 Å². The lowest BCUT2D eigenvalue weighted by molar-refractivity contribution is 0.371. The summed E-state index contributed by atoms with van der Waals surface area (Å²) in [6.07, 6.45) is 0. The van der Waals surface area contributed by atoms with E-state index in [0.29, 0.717) is 4.24 Å². The number of fused-ring (bicyclic) bond motifs is 1. The monoisotopic (exact) mass is 452 g/mol. The van der Waals surface area contributed by atoms with Crippen LogP contribution in [0.1, 0.15) is 45.2 Å². The van der Waals surface area contributed by atoms with Crippen LogP contribution in [0.2, 0.25) is 0 Å². The fraction of sp³-hybridized carbons (Fsp3) is 0.154. The molecule has 0 N–H and O–H groups in total. The molecule has 4 nitrogen and oxygen atoms in total. The molecule has 0 atom stereocenters. The first-order chi connectivity index (χ1) is 15.7. The van der Waals surface area contributed by atoms with Crippen molar-refractivity contribution in [3.63, 3.8) is 0 Å². The first-order valence-electron chi connectivity index (χ1n) is 10.1. The quantitative estimate of drug-likeness (QED) is 0.299. The number of thioether (sulfide) groups is 2. The van der Waals surface area contributed by atoms with Crippen LogP contribution >= 0.6 is 23.5 Å². The standard InChI is InChI=1S/C26H16N2O2S2/c1-29-22-20-18-14-7-3-5-9-16(14)19(17-10-6-4-8-15(17)18)21(20)23(30-2)25-24(22)31-26(32-25)13(11-27)12-28/h3-10,18-19H,1-2H3. The van der Waals surface area contributed by atoms with Crippen LogP contribution in [0.25, 0.3) is 0 Å². The van der Waals surface area contributed by atoms with E-state index in [-0.39, 0.29) is 17.4 Å². The summed E-state index contributed by atoms with van der Waals surface area (Å²) in [6.45, 7) is 0. The van der Waals surface area contributed by atoms with Crippen LogP contribution in [0.3, 0.4) is 0 Å². The molecular weight excluding hydrogens is 436 g/mol. The molecule has 1 heterocycles. The Bertz CT molecular complexity index is 1290. The summed E-state index contributed by atoms with van der Waals surface area (Å²) in [6, 6.07) is 21.3. The molecule has 6 heteroatoms. The summed E-state index contributed by atoms with van der Waals surface area (Å²) in [5, 5.41) is 18.9. The molecule has 1 aliphatic heterocycles. The maximum atomic E-state index is 9.44. The van der Waals surface area contributed by atoms with Gasteiger partial charge in [0.15, 0.2) is 0 Å². The zero-order valence-electron chi connectivity index (χ0n) is 17.3. The van der Waals surface area contributed by atoms with Crippen LogP contribution in [-0.2, 0) is 0 Å². The fourth-order valence-electron chi connectivity index (χ4n) is 5.31. The summed E-state index contributed by atoms with van der Waals surface area (Å²) < 4.78 is 12.8. The van der Waals surface area contributed by atoms with Gasteiger partial charge in [-0.05, 0) is 22.3 Å². The van der Waals surface area contributed by atoms with Gasteiger partial charge in [-0.2, -0.15) is 10.5 Å². The summed E-state index contributed by atoms with van der Waals surface area (Å²) in [4.78, 5) is 1.85. The zero-order valence-corrected chi connectivity index (χ0v) is 18.9. The molecule has 0 radical (unpaired) electrons. The molecule has 2 bridgehead atoms. The number of ether oxygens (including phenoxy) is 2. The Hall–Kier alpha value is -3.32. The summed E-state index contributed by atoms with van der Waals surface area (Å²) in [5.41, 5.74) is 7.57. The van der Waals surface area contributed by atoms with Crippen molar-refractivity contribution in [2.45, 2.75) is 21.6 Å². The molecule has 3 aromatic rings. The van der Waals surface area contributed by atoms with Crippen LogP contribution in [0, 0.1) is 22.7 Å². The third-order valence-corrected chi connectivity index (χ3v) is 9.03. The highest BCUT2D eigenvalue weighted by Gasteiger charge is 2.47. The van der Waals surface area contributed by atoms with Gasteiger partial charge in [-0.3, -0.25) is 0 Å². The highest BCUT2D eigenvalue weighted by Crippen LogP contribution is 2.67. The fourth-order valence-corrected chi connectivity index (χ4v) is 7.93. The summed E-state index contributed by atoms with van der Waals surface area (Å²) in [5.74, 6) is 1.72. The van der Waals surface area contributed by atoms with Gasteiger partial charge >= 0.3 is 0 Å². The Morgan fingerprint density at radius 3 is 1.41 bits per heavy atom. The predicted molar refractivity (Wildman–Crippen MR) is 124 cm³/mol. The molecule has 4 aliphatic rings. The maximum absolute atomic E-state index is 9.44. The van der Waals surface area contributed by atoms with E-state index in [9.17, 15) is 10.5 Å². The van der Waals surface area contributed by atoms with Crippen molar-refractivity contribution >= 4 is 23.5 Å². The number of benzene rings is 3. The zero-order chi connectivity index (χ0) is 22.0. The van der Waals surface area contributed by atoms with Crippen molar-refractivity contribution in [1.29, 1.82) is 10.5 Å². The molecule has 0 amide bonds. The Labute approximate surface area is 194 Å². The predicted octanol–water partition coefficient (Wildman–Crippen LogP) is 6.15. The van der Waals surface area contributed by atoms with Crippen LogP contribution < -0.4 is 9.47 Å². The van der Waals surface area contributed by atoms with Gasteiger partial charge in [-0.25, -0.2) is 0 Å². The average Bonchev–Trinajstić information content (AvgIpc) is 3.27. The Morgan fingerprint density at radius 2 is 1.09 bits per heavy atom. The third kappa shape index (κ3) is 2.34. The van der Waals surface area contributed by atoms with Gasteiger partial charge in [0.2, 0.25) is 0 Å². The topological polar surface area (TPSA) is 66.0 Å². The molecule has 7 rings (SSSR count). The van der Waals surface area contributed by atoms with Gasteiger partial charge < -0.3 is 9.47 Å². The SMILES string of the molecule is COc1c2c(c(OC)c3c1C1c4ccccc4C3c3ccccc31)SC(=C(C#N)C#N)S2. The number of hydrogen-bond donors (Lipinski definition) is 0. The van der Waals surface area contributed by atoms with Gasteiger partial charge in [0.25, 0.3) is 0 Å². The molecule has 0 saturated heterocycles. The molecule has 0 saturated carbocycles. The number of nitrogens with zero attached hydrogens (tertiary/aromatic N) is 2. The normalized spacial score (nSPS) is 18.6. The van der Waals surface area contributed by atoms with Gasteiger partial charge in [0, 0.05) is 23.0 Å². The number of hydrogen-bond acceptors (Lipinski definition) is 6. The highest BCUT2D eigenvalue weighted by atomic mass is 32.2. The lowest BCUT2D eigenvalue weighted by atomic mass is 9.60. The van der Waals surface area contributed by atoms with E-state index in [4.69, 9.17) is 9.47 Å². The first kappa shape index (κ1) is 19.4. The Kier molecular flexibility index (Phi) is 4.30. The molecule has 3 aromatic carbocycles. The lowest BCUT2D eigenvalue weighted by Crippen LogP contribution is -2.28. The summed E-state index contributed by atoms with van der Waals surface area (Å²) >= 11 is 2.86. The van der Waals surface area contributed by atoms with E-state index in [1.165, 1.54) is 45.8 Å². The first-order valence-corrected chi connectivity index (χ1v) is 11.8. The van der Waals surface area contributed by atoms with E-state index in [1.54, 1.807) is 14.2 Å².